The van der Waals surface area contributed by atoms with Crippen molar-refractivity contribution in [3.63, 3.8) is 0 Å². The van der Waals surface area contributed by atoms with Gasteiger partial charge in [0, 0.05) is 40.9 Å². The summed E-state index contributed by atoms with van der Waals surface area (Å²) >= 11 is 5.30. The lowest BCUT2D eigenvalue weighted by molar-refractivity contribution is 0.670. The molecule has 0 amide bonds. The minimum absolute atomic E-state index is 0.876. The normalized spacial score (nSPS) is 11.1. The fourth-order valence-electron chi connectivity index (χ4n) is 2.51. The molecule has 6 heteroatoms. The fourth-order valence-corrected chi connectivity index (χ4v) is 4.01. The number of thiophene rings is 1. The summed E-state index contributed by atoms with van der Waals surface area (Å²) < 4.78 is 3.14. The minimum Gasteiger partial charge on any atom is -0.354 e. The number of hydrogen-bond donors (Lipinski definition) is 1. The Morgan fingerprint density at radius 3 is 2.86 bits per heavy atom. The lowest BCUT2D eigenvalue weighted by Crippen LogP contribution is -2.22. The molecule has 0 unspecified atom stereocenters. The van der Waals surface area contributed by atoms with Gasteiger partial charge < -0.3 is 10.2 Å². The van der Waals surface area contributed by atoms with Gasteiger partial charge in [0.25, 0.3) is 0 Å². The van der Waals surface area contributed by atoms with Gasteiger partial charge in [-0.3, -0.25) is 4.68 Å². The topological polar surface area (TPSA) is 33.1 Å². The second-order valence-corrected chi connectivity index (χ2v) is 7.19. The van der Waals surface area contributed by atoms with E-state index in [1.807, 2.05) is 11.7 Å². The molecule has 2 rings (SSSR count). The van der Waals surface area contributed by atoms with E-state index in [9.17, 15) is 0 Å². The average molecular weight is 371 g/mol. The molecule has 0 spiro atoms. The van der Waals surface area contributed by atoms with E-state index in [0.29, 0.717) is 0 Å². The standard InChI is InChI=1S/C15H23BrN4S/c1-5-6-17-8-14-11(2)18-20(4)15(14)19(3)9-13-7-12(16)10-21-13/h7,10,17H,5-6,8-9H2,1-4H3. The van der Waals surface area contributed by atoms with Gasteiger partial charge in [-0.2, -0.15) is 5.10 Å². The largest absolute Gasteiger partial charge is 0.354 e. The van der Waals surface area contributed by atoms with Crippen LogP contribution < -0.4 is 10.2 Å². The van der Waals surface area contributed by atoms with Crippen LogP contribution in [0.25, 0.3) is 0 Å². The van der Waals surface area contributed by atoms with E-state index >= 15 is 0 Å². The second-order valence-electron chi connectivity index (χ2n) is 5.28. The Kier molecular flexibility index (Phi) is 5.84. The molecule has 0 aliphatic carbocycles. The number of halogens is 1. The van der Waals surface area contributed by atoms with Gasteiger partial charge in [0.2, 0.25) is 0 Å². The van der Waals surface area contributed by atoms with Crippen molar-refractivity contribution in [1.29, 1.82) is 0 Å². The van der Waals surface area contributed by atoms with Gasteiger partial charge in [0.15, 0.2) is 0 Å². The molecule has 0 radical (unpaired) electrons. The van der Waals surface area contributed by atoms with Gasteiger partial charge in [0.05, 0.1) is 12.2 Å². The van der Waals surface area contributed by atoms with Gasteiger partial charge in [0.1, 0.15) is 5.82 Å². The molecular formula is C15H23BrN4S. The second kappa shape index (κ2) is 7.42. The van der Waals surface area contributed by atoms with Gasteiger partial charge in [-0.05, 0) is 41.9 Å². The highest BCUT2D eigenvalue weighted by Gasteiger charge is 2.17. The van der Waals surface area contributed by atoms with Crippen LogP contribution in [0.3, 0.4) is 0 Å². The zero-order valence-electron chi connectivity index (χ0n) is 13.1. The number of aromatic nitrogens is 2. The molecule has 1 N–H and O–H groups in total. The van der Waals surface area contributed by atoms with E-state index in [1.165, 1.54) is 16.3 Å². The van der Waals surface area contributed by atoms with Crippen molar-refractivity contribution < 1.29 is 0 Å². The maximum Gasteiger partial charge on any atom is 0.131 e. The molecule has 2 aromatic rings. The van der Waals surface area contributed by atoms with Crippen LogP contribution in [0, 0.1) is 6.92 Å². The van der Waals surface area contributed by atoms with Crippen molar-refractivity contribution in [2.75, 3.05) is 18.5 Å². The van der Waals surface area contributed by atoms with Crippen LogP contribution in [0.2, 0.25) is 0 Å². The summed E-state index contributed by atoms with van der Waals surface area (Å²) in [6, 6.07) is 2.18. The van der Waals surface area contributed by atoms with E-state index in [-0.39, 0.29) is 0 Å². The molecule has 0 atom stereocenters. The Balaban J connectivity index is 2.16. The first-order valence-corrected chi connectivity index (χ1v) is 8.87. The van der Waals surface area contributed by atoms with Crippen LogP contribution in [0.15, 0.2) is 15.9 Å². The number of nitrogens with one attached hydrogen (secondary N) is 1. The lowest BCUT2D eigenvalue weighted by Gasteiger charge is -2.20. The number of rotatable bonds is 7. The minimum atomic E-state index is 0.876. The summed E-state index contributed by atoms with van der Waals surface area (Å²) in [5.74, 6) is 1.20. The van der Waals surface area contributed by atoms with Gasteiger partial charge in [-0.1, -0.05) is 6.92 Å². The third-order valence-corrected chi connectivity index (χ3v) is 5.10. The van der Waals surface area contributed by atoms with Crippen molar-refractivity contribution in [1.82, 2.24) is 15.1 Å². The van der Waals surface area contributed by atoms with Crippen LogP contribution in [0.4, 0.5) is 5.82 Å². The average Bonchev–Trinajstić information content (AvgIpc) is 2.94. The van der Waals surface area contributed by atoms with Crippen LogP contribution in [0.5, 0.6) is 0 Å². The molecule has 116 valence electrons. The van der Waals surface area contributed by atoms with Crippen molar-refractivity contribution in [3.05, 3.63) is 32.1 Å². The van der Waals surface area contributed by atoms with Crippen molar-refractivity contribution in [3.8, 4) is 0 Å². The number of hydrogen-bond acceptors (Lipinski definition) is 4. The third kappa shape index (κ3) is 4.08. The van der Waals surface area contributed by atoms with Crippen molar-refractivity contribution in [2.24, 2.45) is 7.05 Å². The quantitative estimate of drug-likeness (QED) is 0.754. The van der Waals surface area contributed by atoms with E-state index in [1.54, 1.807) is 11.3 Å². The van der Waals surface area contributed by atoms with Crippen LogP contribution >= 0.6 is 27.3 Å². The van der Waals surface area contributed by atoms with Crippen LogP contribution in [0.1, 0.15) is 29.5 Å². The summed E-state index contributed by atoms with van der Waals surface area (Å²) in [6.07, 6.45) is 1.15. The highest BCUT2D eigenvalue weighted by Crippen LogP contribution is 2.26. The molecule has 21 heavy (non-hydrogen) atoms. The van der Waals surface area contributed by atoms with Gasteiger partial charge in [-0.25, -0.2) is 0 Å². The summed E-state index contributed by atoms with van der Waals surface area (Å²) in [6.45, 7) is 7.08. The Morgan fingerprint density at radius 2 is 2.24 bits per heavy atom. The molecule has 0 fully saturated rings. The first-order chi connectivity index (χ1) is 10.0. The molecule has 2 aromatic heterocycles. The first-order valence-electron chi connectivity index (χ1n) is 7.20. The predicted octanol–water partition coefficient (Wildman–Crippen LogP) is 3.69. The molecule has 2 heterocycles. The Labute approximate surface area is 139 Å². The third-order valence-electron chi connectivity index (χ3n) is 3.42. The molecule has 0 saturated carbocycles. The van der Waals surface area contributed by atoms with E-state index in [4.69, 9.17) is 0 Å². The van der Waals surface area contributed by atoms with Crippen LogP contribution in [-0.2, 0) is 20.1 Å². The summed E-state index contributed by atoms with van der Waals surface area (Å²) in [5, 5.41) is 10.2. The zero-order chi connectivity index (χ0) is 15.4. The molecule has 0 aliphatic rings. The summed E-state index contributed by atoms with van der Waals surface area (Å²) in [5.41, 5.74) is 2.40. The van der Waals surface area contributed by atoms with Gasteiger partial charge in [-0.15, -0.1) is 11.3 Å². The Bertz CT molecular complexity index is 591. The first kappa shape index (κ1) is 16.5. The van der Waals surface area contributed by atoms with E-state index < -0.39 is 0 Å². The van der Waals surface area contributed by atoms with E-state index in [0.717, 1.165) is 36.2 Å². The number of anilines is 1. The molecule has 0 aliphatic heterocycles. The SMILES string of the molecule is CCCNCc1c(C)nn(C)c1N(C)Cc1cc(Br)cs1. The fraction of sp³-hybridized carbons (Fsp3) is 0.533. The molecule has 0 saturated heterocycles. The molecule has 0 aromatic carbocycles. The number of nitrogens with zero attached hydrogens (tertiary/aromatic N) is 3. The van der Waals surface area contributed by atoms with Crippen LogP contribution in [-0.4, -0.2) is 23.4 Å². The molecule has 4 nitrogen and oxygen atoms in total. The Morgan fingerprint density at radius 1 is 1.48 bits per heavy atom. The molecular weight excluding hydrogens is 348 g/mol. The predicted molar refractivity (Wildman–Crippen MR) is 94.1 cm³/mol. The molecule has 0 bridgehead atoms. The number of aryl methyl sites for hydroxylation is 2. The maximum absolute atomic E-state index is 4.59. The summed E-state index contributed by atoms with van der Waals surface area (Å²) in [4.78, 5) is 3.62. The van der Waals surface area contributed by atoms with E-state index in [2.05, 4.69) is 63.6 Å². The maximum atomic E-state index is 4.59. The highest BCUT2D eigenvalue weighted by atomic mass is 79.9. The van der Waals surface area contributed by atoms with Crippen molar-refractivity contribution >= 4 is 33.1 Å². The summed E-state index contributed by atoms with van der Waals surface area (Å²) in [7, 11) is 4.15. The Hall–Kier alpha value is -0.850. The van der Waals surface area contributed by atoms with Gasteiger partial charge >= 0.3 is 0 Å². The lowest BCUT2D eigenvalue weighted by atomic mass is 10.2. The smallest absolute Gasteiger partial charge is 0.131 e. The zero-order valence-corrected chi connectivity index (χ0v) is 15.5. The van der Waals surface area contributed by atoms with Crippen molar-refractivity contribution in [2.45, 2.75) is 33.4 Å². The highest BCUT2D eigenvalue weighted by molar-refractivity contribution is 9.10. The monoisotopic (exact) mass is 370 g/mol.